The molecule has 0 aromatic heterocycles. The summed E-state index contributed by atoms with van der Waals surface area (Å²) < 4.78 is 37.2. The summed E-state index contributed by atoms with van der Waals surface area (Å²) in [5, 5.41) is 0. The molecule has 1 heterocycles. The Morgan fingerprint density at radius 2 is 1.44 bits per heavy atom. The highest BCUT2D eigenvalue weighted by molar-refractivity contribution is 7.89. The van der Waals surface area contributed by atoms with Gasteiger partial charge in [0.2, 0.25) is 10.0 Å². The smallest absolute Gasteiger partial charge is 0.254 e. The summed E-state index contributed by atoms with van der Waals surface area (Å²) in [5.74, 6) is 0.884. The predicted octanol–water partition coefficient (Wildman–Crippen LogP) is 1.85. The van der Waals surface area contributed by atoms with Crippen LogP contribution in [0.15, 0.2) is 53.4 Å². The predicted molar refractivity (Wildman–Crippen MR) is 101 cm³/mol. The zero-order chi connectivity index (χ0) is 19.4. The van der Waals surface area contributed by atoms with Crippen LogP contribution in [0.5, 0.6) is 11.5 Å². The van der Waals surface area contributed by atoms with Crippen LogP contribution in [0.3, 0.4) is 0 Å². The van der Waals surface area contributed by atoms with E-state index < -0.39 is 10.0 Å². The van der Waals surface area contributed by atoms with E-state index in [9.17, 15) is 13.2 Å². The minimum atomic E-state index is -3.54. The minimum absolute atomic E-state index is 0.177. The number of nitrogens with zero attached hydrogens (tertiary/aromatic N) is 2. The molecule has 2 aromatic carbocycles. The van der Waals surface area contributed by atoms with Crippen molar-refractivity contribution in [2.75, 3.05) is 40.4 Å². The molecule has 1 fully saturated rings. The van der Waals surface area contributed by atoms with Crippen LogP contribution in [-0.4, -0.2) is 63.9 Å². The maximum absolute atomic E-state index is 12.8. The van der Waals surface area contributed by atoms with Gasteiger partial charge in [0.25, 0.3) is 5.91 Å². The summed E-state index contributed by atoms with van der Waals surface area (Å²) in [6.07, 6.45) is 0. The van der Waals surface area contributed by atoms with Gasteiger partial charge in [-0.05, 0) is 24.3 Å². The molecule has 2 aromatic rings. The van der Waals surface area contributed by atoms with E-state index in [0.717, 1.165) is 0 Å². The Hall–Kier alpha value is -2.58. The van der Waals surface area contributed by atoms with Gasteiger partial charge in [-0.2, -0.15) is 4.31 Å². The Labute approximate surface area is 159 Å². The fourth-order valence-electron chi connectivity index (χ4n) is 2.99. The Balaban J connectivity index is 1.71. The summed E-state index contributed by atoms with van der Waals surface area (Å²) in [6.45, 7) is 1.16. The van der Waals surface area contributed by atoms with Crippen molar-refractivity contribution in [3.8, 4) is 11.5 Å². The minimum Gasteiger partial charge on any atom is -0.497 e. The Morgan fingerprint density at radius 1 is 0.889 bits per heavy atom. The van der Waals surface area contributed by atoms with Crippen molar-refractivity contribution in [2.24, 2.45) is 0 Å². The van der Waals surface area contributed by atoms with Crippen molar-refractivity contribution in [3.63, 3.8) is 0 Å². The second kappa shape index (κ2) is 7.98. The summed E-state index contributed by atoms with van der Waals surface area (Å²) in [4.78, 5) is 14.7. The van der Waals surface area contributed by atoms with E-state index in [1.807, 2.05) is 0 Å². The molecule has 0 unspecified atom stereocenters. The van der Waals surface area contributed by atoms with Crippen molar-refractivity contribution in [1.82, 2.24) is 9.21 Å². The lowest BCUT2D eigenvalue weighted by molar-refractivity contribution is 0.0697. The van der Waals surface area contributed by atoms with Crippen LogP contribution in [0.2, 0.25) is 0 Å². The SMILES string of the molecule is COc1cc(OC)cc(C(=O)N2CCN(S(=O)(=O)c3ccccc3)CC2)c1. The third-order valence-electron chi connectivity index (χ3n) is 4.51. The number of carbonyl (C=O) groups excluding carboxylic acids is 1. The van der Waals surface area contributed by atoms with Crippen LogP contribution in [0, 0.1) is 0 Å². The van der Waals surface area contributed by atoms with Gasteiger partial charge in [0.1, 0.15) is 11.5 Å². The zero-order valence-corrected chi connectivity index (χ0v) is 16.1. The van der Waals surface area contributed by atoms with Gasteiger partial charge in [-0.15, -0.1) is 0 Å². The highest BCUT2D eigenvalue weighted by Crippen LogP contribution is 2.24. The number of amides is 1. The first kappa shape index (κ1) is 19.2. The Kier molecular flexibility index (Phi) is 5.67. The molecule has 1 saturated heterocycles. The summed E-state index contributed by atoms with van der Waals surface area (Å²) in [6, 6.07) is 13.3. The van der Waals surface area contributed by atoms with Gasteiger partial charge in [-0.25, -0.2) is 8.42 Å². The van der Waals surface area contributed by atoms with Crippen molar-refractivity contribution in [3.05, 3.63) is 54.1 Å². The largest absolute Gasteiger partial charge is 0.497 e. The van der Waals surface area contributed by atoms with E-state index in [0.29, 0.717) is 30.2 Å². The lowest BCUT2D eigenvalue weighted by Gasteiger charge is -2.34. The van der Waals surface area contributed by atoms with Crippen LogP contribution >= 0.6 is 0 Å². The first-order valence-electron chi connectivity index (χ1n) is 8.53. The fraction of sp³-hybridized carbons (Fsp3) is 0.316. The number of benzene rings is 2. The molecule has 0 saturated carbocycles. The fourth-order valence-corrected chi connectivity index (χ4v) is 4.43. The van der Waals surface area contributed by atoms with Crippen molar-refractivity contribution < 1.29 is 22.7 Å². The van der Waals surface area contributed by atoms with Gasteiger partial charge in [-0.1, -0.05) is 18.2 Å². The molecule has 0 aliphatic carbocycles. The van der Waals surface area contributed by atoms with E-state index in [1.165, 1.54) is 18.5 Å². The Bertz CT molecular complexity index is 885. The molecule has 1 aliphatic rings. The highest BCUT2D eigenvalue weighted by atomic mass is 32.2. The molecule has 0 radical (unpaired) electrons. The first-order valence-corrected chi connectivity index (χ1v) is 9.97. The monoisotopic (exact) mass is 390 g/mol. The van der Waals surface area contributed by atoms with E-state index >= 15 is 0 Å². The van der Waals surface area contributed by atoms with Gasteiger partial charge in [-0.3, -0.25) is 4.79 Å². The van der Waals surface area contributed by atoms with Crippen molar-refractivity contribution in [1.29, 1.82) is 0 Å². The summed E-state index contributed by atoms with van der Waals surface area (Å²) in [7, 11) is -0.494. The second-order valence-corrected chi connectivity index (χ2v) is 8.05. The number of methoxy groups -OCH3 is 2. The number of ether oxygens (including phenoxy) is 2. The molecule has 0 bridgehead atoms. The van der Waals surface area contributed by atoms with E-state index in [4.69, 9.17) is 9.47 Å². The summed E-state index contributed by atoms with van der Waals surface area (Å²) >= 11 is 0. The maximum Gasteiger partial charge on any atom is 0.254 e. The second-order valence-electron chi connectivity index (χ2n) is 6.11. The Morgan fingerprint density at radius 3 is 1.96 bits per heavy atom. The van der Waals surface area contributed by atoms with Crippen LogP contribution in [0.4, 0.5) is 0 Å². The van der Waals surface area contributed by atoms with Crippen molar-refractivity contribution in [2.45, 2.75) is 4.90 Å². The number of sulfonamides is 1. The molecule has 0 N–H and O–H groups in total. The molecular weight excluding hydrogens is 368 g/mol. The first-order chi connectivity index (χ1) is 13.0. The van der Waals surface area contributed by atoms with Gasteiger partial charge in [0.05, 0.1) is 19.1 Å². The number of hydrogen-bond donors (Lipinski definition) is 0. The van der Waals surface area contributed by atoms with E-state index in [2.05, 4.69) is 0 Å². The van der Waals surface area contributed by atoms with Gasteiger partial charge >= 0.3 is 0 Å². The van der Waals surface area contributed by atoms with E-state index in [1.54, 1.807) is 53.4 Å². The zero-order valence-electron chi connectivity index (χ0n) is 15.3. The molecule has 1 amide bonds. The number of carbonyl (C=O) groups is 1. The van der Waals surface area contributed by atoms with Gasteiger partial charge < -0.3 is 14.4 Å². The molecule has 1 aliphatic heterocycles. The lowest BCUT2D eigenvalue weighted by Crippen LogP contribution is -2.50. The average molecular weight is 390 g/mol. The number of hydrogen-bond acceptors (Lipinski definition) is 5. The van der Waals surface area contributed by atoms with Crippen molar-refractivity contribution >= 4 is 15.9 Å². The molecule has 0 spiro atoms. The van der Waals surface area contributed by atoms with Gasteiger partial charge in [0, 0.05) is 37.8 Å². The topological polar surface area (TPSA) is 76.2 Å². The molecule has 0 atom stereocenters. The standard InChI is InChI=1S/C19H22N2O5S/c1-25-16-12-15(13-17(14-16)26-2)19(22)20-8-10-21(11-9-20)27(23,24)18-6-4-3-5-7-18/h3-7,12-14H,8-11H2,1-2H3. The molecule has 8 heteroatoms. The molecule has 144 valence electrons. The molecule has 27 heavy (non-hydrogen) atoms. The molecular formula is C19H22N2O5S. The molecule has 7 nitrogen and oxygen atoms in total. The van der Waals surface area contributed by atoms with Gasteiger partial charge in [0.15, 0.2) is 0 Å². The van der Waals surface area contributed by atoms with Crippen LogP contribution in [0.1, 0.15) is 10.4 Å². The molecule has 3 rings (SSSR count). The van der Waals surface area contributed by atoms with Crippen LogP contribution < -0.4 is 9.47 Å². The quantitative estimate of drug-likeness (QED) is 0.779. The maximum atomic E-state index is 12.8. The number of piperazine rings is 1. The number of rotatable bonds is 5. The van der Waals surface area contributed by atoms with Crippen LogP contribution in [0.25, 0.3) is 0 Å². The summed E-state index contributed by atoms with van der Waals surface area (Å²) in [5.41, 5.74) is 0.450. The van der Waals surface area contributed by atoms with E-state index in [-0.39, 0.29) is 23.9 Å². The third kappa shape index (κ3) is 4.06. The third-order valence-corrected chi connectivity index (χ3v) is 6.42. The normalized spacial score (nSPS) is 15.4. The highest BCUT2D eigenvalue weighted by Gasteiger charge is 2.30. The average Bonchev–Trinajstić information content (AvgIpc) is 2.73. The lowest BCUT2D eigenvalue weighted by atomic mass is 10.1. The van der Waals surface area contributed by atoms with Crippen LogP contribution in [-0.2, 0) is 10.0 Å².